The maximum Gasteiger partial charge on any atom is 0.0314 e. The lowest BCUT2D eigenvalue weighted by Gasteiger charge is -2.15. The summed E-state index contributed by atoms with van der Waals surface area (Å²) in [7, 11) is 0. The second-order valence-corrected chi connectivity index (χ2v) is 7.02. The third kappa shape index (κ3) is 7.45. The van der Waals surface area contributed by atoms with Crippen LogP contribution in [0, 0.1) is 0 Å². The molecule has 0 spiro atoms. The summed E-state index contributed by atoms with van der Waals surface area (Å²) in [5.41, 5.74) is 2.96. The van der Waals surface area contributed by atoms with Gasteiger partial charge in [-0.3, -0.25) is 11.3 Å². The third-order valence-electron chi connectivity index (χ3n) is 3.51. The Morgan fingerprint density at radius 2 is 1.89 bits per heavy atom. The molecule has 1 unspecified atom stereocenters. The Hall–Kier alpha value is 0.1000. The van der Waals surface area contributed by atoms with Crippen molar-refractivity contribution in [3.05, 3.63) is 20.8 Å². The van der Waals surface area contributed by atoms with Crippen molar-refractivity contribution >= 4 is 27.3 Å². The van der Waals surface area contributed by atoms with Crippen LogP contribution in [0.15, 0.2) is 15.9 Å². The molecule has 0 amide bonds. The molecule has 1 aromatic rings. The molecular weight excluding hydrogens is 320 g/mol. The van der Waals surface area contributed by atoms with Gasteiger partial charge < -0.3 is 0 Å². The molecule has 0 aliphatic carbocycles. The number of nitrogens with two attached hydrogens (primary N) is 1. The number of unbranched alkanes of at least 4 members (excludes halogenated alkanes) is 6. The summed E-state index contributed by atoms with van der Waals surface area (Å²) in [5, 5.41) is 2.13. The van der Waals surface area contributed by atoms with E-state index >= 15 is 0 Å². The van der Waals surface area contributed by atoms with Crippen LogP contribution in [-0.4, -0.2) is 6.04 Å². The van der Waals surface area contributed by atoms with Gasteiger partial charge in [0.2, 0.25) is 0 Å². The molecule has 0 radical (unpaired) electrons. The molecule has 1 heterocycles. The maximum atomic E-state index is 5.66. The zero-order valence-corrected chi connectivity index (χ0v) is 14.4. The predicted molar refractivity (Wildman–Crippen MR) is 89.4 cm³/mol. The highest BCUT2D eigenvalue weighted by atomic mass is 79.9. The van der Waals surface area contributed by atoms with Crippen molar-refractivity contribution < 1.29 is 0 Å². The van der Waals surface area contributed by atoms with E-state index < -0.39 is 0 Å². The third-order valence-corrected chi connectivity index (χ3v) is 5.46. The van der Waals surface area contributed by atoms with Gasteiger partial charge in [0.1, 0.15) is 0 Å². The van der Waals surface area contributed by atoms with Gasteiger partial charge in [-0.15, -0.1) is 11.3 Å². The van der Waals surface area contributed by atoms with Gasteiger partial charge >= 0.3 is 0 Å². The molecule has 1 rings (SSSR count). The standard InChI is InChI=1S/C15H27BrN2S/c1-2-3-4-5-6-7-8-9-13(18-17)12-15-14(16)10-11-19-15/h10-11,13,18H,2-9,12,17H2,1H3. The van der Waals surface area contributed by atoms with Gasteiger partial charge in [0.15, 0.2) is 0 Å². The van der Waals surface area contributed by atoms with E-state index in [1.807, 2.05) is 0 Å². The van der Waals surface area contributed by atoms with Crippen LogP contribution in [0.2, 0.25) is 0 Å². The minimum Gasteiger partial charge on any atom is -0.271 e. The van der Waals surface area contributed by atoms with Crippen molar-refractivity contribution in [1.82, 2.24) is 5.43 Å². The molecule has 0 aliphatic rings. The fourth-order valence-corrected chi connectivity index (χ4v) is 3.88. The zero-order valence-electron chi connectivity index (χ0n) is 12.0. The second kappa shape index (κ2) is 10.8. The van der Waals surface area contributed by atoms with Gasteiger partial charge in [-0.1, -0.05) is 51.9 Å². The number of hydrogen-bond acceptors (Lipinski definition) is 3. The van der Waals surface area contributed by atoms with Gasteiger partial charge in [0.25, 0.3) is 0 Å². The molecule has 1 atom stereocenters. The van der Waals surface area contributed by atoms with E-state index in [2.05, 4.69) is 39.7 Å². The molecule has 0 aromatic carbocycles. The molecule has 0 bridgehead atoms. The Morgan fingerprint density at radius 1 is 1.21 bits per heavy atom. The zero-order chi connectivity index (χ0) is 13.9. The van der Waals surface area contributed by atoms with E-state index in [1.54, 1.807) is 11.3 Å². The average molecular weight is 347 g/mol. The lowest BCUT2D eigenvalue weighted by molar-refractivity contribution is 0.460. The van der Waals surface area contributed by atoms with Gasteiger partial charge in [-0.2, -0.15) is 0 Å². The van der Waals surface area contributed by atoms with Crippen LogP contribution in [0.1, 0.15) is 63.2 Å². The lowest BCUT2D eigenvalue weighted by Crippen LogP contribution is -2.36. The summed E-state index contributed by atoms with van der Waals surface area (Å²) in [4.78, 5) is 1.39. The SMILES string of the molecule is CCCCCCCCCC(Cc1sccc1Br)NN. The molecule has 0 saturated carbocycles. The molecular formula is C15H27BrN2S. The predicted octanol–water partition coefficient (Wildman–Crippen LogP) is 5.03. The molecule has 0 aliphatic heterocycles. The van der Waals surface area contributed by atoms with Crippen LogP contribution in [0.5, 0.6) is 0 Å². The van der Waals surface area contributed by atoms with Crippen molar-refractivity contribution in [2.24, 2.45) is 5.84 Å². The topological polar surface area (TPSA) is 38.0 Å². The summed E-state index contributed by atoms with van der Waals surface area (Å²) in [5.74, 6) is 5.66. The van der Waals surface area contributed by atoms with Gasteiger partial charge in [-0.25, -0.2) is 0 Å². The highest BCUT2D eigenvalue weighted by Gasteiger charge is 2.10. The van der Waals surface area contributed by atoms with Crippen molar-refractivity contribution in [2.75, 3.05) is 0 Å². The van der Waals surface area contributed by atoms with E-state index in [1.165, 1.54) is 60.7 Å². The minimum absolute atomic E-state index is 0.408. The monoisotopic (exact) mass is 346 g/mol. The first-order valence-electron chi connectivity index (χ1n) is 7.46. The van der Waals surface area contributed by atoms with Crippen molar-refractivity contribution in [1.29, 1.82) is 0 Å². The number of thiophene rings is 1. The molecule has 0 saturated heterocycles. The number of hydrazine groups is 1. The quantitative estimate of drug-likeness (QED) is 0.335. The first-order chi connectivity index (χ1) is 9.27. The maximum absolute atomic E-state index is 5.66. The summed E-state index contributed by atoms with van der Waals surface area (Å²) >= 11 is 5.39. The van der Waals surface area contributed by atoms with Crippen molar-refractivity contribution in [3.8, 4) is 0 Å². The summed E-state index contributed by atoms with van der Waals surface area (Å²) < 4.78 is 1.22. The van der Waals surface area contributed by atoms with E-state index in [-0.39, 0.29) is 0 Å². The Bertz CT molecular complexity index is 328. The second-order valence-electron chi connectivity index (χ2n) is 5.17. The highest BCUT2D eigenvalue weighted by molar-refractivity contribution is 9.10. The van der Waals surface area contributed by atoms with Crippen LogP contribution >= 0.6 is 27.3 Å². The van der Waals surface area contributed by atoms with E-state index in [4.69, 9.17) is 5.84 Å². The van der Waals surface area contributed by atoms with Crippen molar-refractivity contribution in [2.45, 2.75) is 70.8 Å². The highest BCUT2D eigenvalue weighted by Crippen LogP contribution is 2.24. The molecule has 2 nitrogen and oxygen atoms in total. The van der Waals surface area contributed by atoms with Crippen LogP contribution in [0.3, 0.4) is 0 Å². The van der Waals surface area contributed by atoms with E-state index in [9.17, 15) is 0 Å². The van der Waals surface area contributed by atoms with Crippen LogP contribution in [0.25, 0.3) is 0 Å². The van der Waals surface area contributed by atoms with Crippen LogP contribution < -0.4 is 11.3 Å². The van der Waals surface area contributed by atoms with Crippen molar-refractivity contribution in [3.63, 3.8) is 0 Å². The molecule has 19 heavy (non-hydrogen) atoms. The first kappa shape index (κ1) is 17.2. The summed E-state index contributed by atoms with van der Waals surface area (Å²) in [6.45, 7) is 2.26. The van der Waals surface area contributed by atoms with Gasteiger partial charge in [0, 0.05) is 15.4 Å². The summed E-state index contributed by atoms with van der Waals surface area (Å²) in [6.07, 6.45) is 11.7. The lowest BCUT2D eigenvalue weighted by atomic mass is 10.0. The Kier molecular flexibility index (Phi) is 9.78. The summed E-state index contributed by atoms with van der Waals surface area (Å²) in [6, 6.07) is 2.52. The van der Waals surface area contributed by atoms with Gasteiger partial charge in [0.05, 0.1) is 0 Å². The smallest absolute Gasteiger partial charge is 0.0314 e. The number of halogens is 1. The molecule has 3 N–H and O–H groups in total. The minimum atomic E-state index is 0.408. The average Bonchev–Trinajstić information content (AvgIpc) is 2.81. The Morgan fingerprint density at radius 3 is 2.47 bits per heavy atom. The Labute approximate surface area is 130 Å². The Balaban J connectivity index is 2.10. The number of rotatable bonds is 11. The van der Waals surface area contributed by atoms with Crippen LogP contribution in [0.4, 0.5) is 0 Å². The molecule has 0 fully saturated rings. The van der Waals surface area contributed by atoms with E-state index in [0.29, 0.717) is 6.04 Å². The van der Waals surface area contributed by atoms with Gasteiger partial charge in [-0.05, 0) is 40.2 Å². The first-order valence-corrected chi connectivity index (χ1v) is 9.13. The molecule has 4 heteroatoms. The normalized spacial score (nSPS) is 12.8. The fourth-order valence-electron chi connectivity index (χ4n) is 2.29. The molecule has 1 aromatic heterocycles. The largest absolute Gasteiger partial charge is 0.271 e. The number of hydrogen-bond donors (Lipinski definition) is 2. The number of nitrogens with one attached hydrogen (secondary N) is 1. The van der Waals surface area contributed by atoms with Crippen LogP contribution in [-0.2, 0) is 6.42 Å². The fraction of sp³-hybridized carbons (Fsp3) is 0.733. The van der Waals surface area contributed by atoms with E-state index in [0.717, 1.165) is 6.42 Å². The molecule has 110 valence electrons.